The molecule has 8 nitrogen and oxygen atoms in total. The summed E-state index contributed by atoms with van der Waals surface area (Å²) in [6.07, 6.45) is 0. The van der Waals surface area contributed by atoms with Crippen LogP contribution < -0.4 is 5.43 Å². The number of anilines is 1. The Bertz CT molecular complexity index is 1050. The van der Waals surface area contributed by atoms with Gasteiger partial charge >= 0.3 is 5.69 Å². The Morgan fingerprint density at radius 1 is 0.793 bits per heavy atom. The maximum atomic E-state index is 11.3. The molecule has 3 aromatic rings. The minimum atomic E-state index is -0.713. The van der Waals surface area contributed by atoms with Gasteiger partial charge in [0.25, 0.3) is 5.69 Å². The standard InChI is InChI=1S/C19H12Cl2N4O4/c20-14-5-1-12(2-6-14)19(13-3-7-15(21)8-4-13)23-22-17-10-9-16(24(26)27)11-18(17)25(28)29/h1-11,22H. The summed E-state index contributed by atoms with van der Waals surface area (Å²) in [5.41, 5.74) is 3.69. The summed E-state index contributed by atoms with van der Waals surface area (Å²) in [5, 5.41) is 27.6. The van der Waals surface area contributed by atoms with Gasteiger partial charge in [0.05, 0.1) is 21.6 Å². The monoisotopic (exact) mass is 430 g/mol. The number of nitrogens with zero attached hydrogens (tertiary/aromatic N) is 3. The zero-order valence-electron chi connectivity index (χ0n) is 14.6. The highest BCUT2D eigenvalue weighted by atomic mass is 35.5. The van der Waals surface area contributed by atoms with Gasteiger partial charge < -0.3 is 0 Å². The first-order chi connectivity index (χ1) is 13.8. The summed E-state index contributed by atoms with van der Waals surface area (Å²) in [6, 6.07) is 17.0. The van der Waals surface area contributed by atoms with Crippen molar-refractivity contribution >= 4 is 46.0 Å². The van der Waals surface area contributed by atoms with Crippen molar-refractivity contribution in [3.05, 3.63) is 108 Å². The number of nitro benzene ring substituents is 2. The molecule has 0 atom stereocenters. The molecule has 0 aliphatic rings. The number of hydrogen-bond acceptors (Lipinski definition) is 6. The highest BCUT2D eigenvalue weighted by Gasteiger charge is 2.19. The van der Waals surface area contributed by atoms with E-state index >= 15 is 0 Å². The average Bonchev–Trinajstić information content (AvgIpc) is 2.70. The number of nitro groups is 2. The minimum absolute atomic E-state index is 0.0148. The van der Waals surface area contributed by atoms with Crippen LogP contribution in [0.4, 0.5) is 17.1 Å². The molecule has 0 aromatic heterocycles. The van der Waals surface area contributed by atoms with Gasteiger partial charge in [-0.2, -0.15) is 5.10 Å². The van der Waals surface area contributed by atoms with Gasteiger partial charge in [0.1, 0.15) is 5.69 Å². The molecule has 0 fully saturated rings. The fraction of sp³-hybridized carbons (Fsp3) is 0. The van der Waals surface area contributed by atoms with Gasteiger partial charge in [-0.3, -0.25) is 25.7 Å². The second kappa shape index (κ2) is 8.68. The first-order valence-corrected chi connectivity index (χ1v) is 8.89. The Morgan fingerprint density at radius 3 is 1.76 bits per heavy atom. The molecule has 1 N–H and O–H groups in total. The zero-order chi connectivity index (χ0) is 21.0. The van der Waals surface area contributed by atoms with Crippen molar-refractivity contribution in [2.75, 3.05) is 5.43 Å². The third-order valence-corrected chi connectivity index (χ3v) is 4.42. The summed E-state index contributed by atoms with van der Waals surface area (Å²) in [4.78, 5) is 20.8. The first kappa shape index (κ1) is 20.2. The SMILES string of the molecule is O=[N+]([O-])c1ccc(NN=C(c2ccc(Cl)cc2)c2ccc(Cl)cc2)c([N+](=O)[O-])c1. The van der Waals surface area contributed by atoms with E-state index in [1.165, 1.54) is 6.07 Å². The van der Waals surface area contributed by atoms with E-state index in [1.54, 1.807) is 48.5 Å². The Balaban J connectivity index is 2.05. The van der Waals surface area contributed by atoms with E-state index in [9.17, 15) is 20.2 Å². The zero-order valence-corrected chi connectivity index (χ0v) is 16.1. The van der Waals surface area contributed by atoms with Crippen LogP contribution in [0.25, 0.3) is 0 Å². The van der Waals surface area contributed by atoms with E-state index in [2.05, 4.69) is 10.5 Å². The smallest absolute Gasteiger partial charge is 0.271 e. The number of rotatable bonds is 6. The predicted octanol–water partition coefficient (Wildman–Crippen LogP) is 5.67. The lowest BCUT2D eigenvalue weighted by atomic mass is 10.0. The number of halogens is 2. The minimum Gasteiger partial charge on any atom is -0.271 e. The number of benzene rings is 3. The molecule has 0 heterocycles. The maximum absolute atomic E-state index is 11.3. The second-order valence-electron chi connectivity index (χ2n) is 5.80. The van der Waals surface area contributed by atoms with Crippen LogP contribution >= 0.6 is 23.2 Å². The highest BCUT2D eigenvalue weighted by Crippen LogP contribution is 2.29. The molecule has 146 valence electrons. The molecule has 3 aromatic carbocycles. The summed E-state index contributed by atoms with van der Waals surface area (Å²) in [6.45, 7) is 0. The Labute approximate surface area is 174 Å². The lowest BCUT2D eigenvalue weighted by Crippen LogP contribution is -2.07. The van der Waals surface area contributed by atoms with E-state index in [4.69, 9.17) is 23.2 Å². The maximum Gasteiger partial charge on any atom is 0.301 e. The van der Waals surface area contributed by atoms with E-state index in [1.807, 2.05) is 0 Å². The third kappa shape index (κ3) is 4.87. The van der Waals surface area contributed by atoms with Gasteiger partial charge in [0.2, 0.25) is 0 Å². The van der Waals surface area contributed by atoms with Crippen molar-refractivity contribution in [1.82, 2.24) is 0 Å². The molecule has 0 radical (unpaired) electrons. The molecule has 0 unspecified atom stereocenters. The van der Waals surface area contributed by atoms with Gasteiger partial charge in [-0.25, -0.2) is 0 Å². The van der Waals surface area contributed by atoms with Crippen LogP contribution in [0, 0.1) is 20.2 Å². The second-order valence-corrected chi connectivity index (χ2v) is 6.67. The van der Waals surface area contributed by atoms with Crippen LogP contribution in [0.15, 0.2) is 71.8 Å². The van der Waals surface area contributed by atoms with E-state index < -0.39 is 15.5 Å². The molecule has 0 bridgehead atoms. The van der Waals surface area contributed by atoms with Crippen molar-refractivity contribution in [1.29, 1.82) is 0 Å². The lowest BCUT2D eigenvalue weighted by Gasteiger charge is -2.09. The van der Waals surface area contributed by atoms with Crippen molar-refractivity contribution in [2.24, 2.45) is 5.10 Å². The molecule has 0 saturated heterocycles. The van der Waals surface area contributed by atoms with Gasteiger partial charge in [-0.1, -0.05) is 47.5 Å². The van der Waals surface area contributed by atoms with E-state index in [-0.39, 0.29) is 11.4 Å². The first-order valence-electron chi connectivity index (χ1n) is 8.13. The normalized spacial score (nSPS) is 10.3. The quantitative estimate of drug-likeness (QED) is 0.307. The molecular weight excluding hydrogens is 419 g/mol. The molecule has 0 aliphatic carbocycles. The molecule has 0 aliphatic heterocycles. The largest absolute Gasteiger partial charge is 0.301 e. The van der Waals surface area contributed by atoms with Crippen LogP contribution in [0.5, 0.6) is 0 Å². The van der Waals surface area contributed by atoms with Gasteiger partial charge in [-0.05, 0) is 30.3 Å². The van der Waals surface area contributed by atoms with Crippen LogP contribution in [-0.2, 0) is 0 Å². The van der Waals surface area contributed by atoms with Crippen LogP contribution in [0.3, 0.4) is 0 Å². The van der Waals surface area contributed by atoms with Gasteiger partial charge in [0.15, 0.2) is 0 Å². The molecular formula is C19H12Cl2N4O4. The average molecular weight is 431 g/mol. The summed E-state index contributed by atoms with van der Waals surface area (Å²) >= 11 is 11.9. The van der Waals surface area contributed by atoms with Crippen LogP contribution in [0.2, 0.25) is 10.0 Å². The van der Waals surface area contributed by atoms with Crippen LogP contribution in [0.1, 0.15) is 11.1 Å². The fourth-order valence-corrected chi connectivity index (χ4v) is 2.76. The molecule has 0 saturated carbocycles. The highest BCUT2D eigenvalue weighted by molar-refractivity contribution is 6.31. The molecule has 29 heavy (non-hydrogen) atoms. The van der Waals surface area contributed by atoms with E-state index in [0.29, 0.717) is 26.9 Å². The molecule has 0 spiro atoms. The van der Waals surface area contributed by atoms with Crippen LogP contribution in [-0.4, -0.2) is 15.6 Å². The number of hydrazone groups is 1. The van der Waals surface area contributed by atoms with Gasteiger partial charge in [0, 0.05) is 27.2 Å². The Kier molecular flexibility index (Phi) is 6.06. The summed E-state index contributed by atoms with van der Waals surface area (Å²) < 4.78 is 0. The molecule has 10 heteroatoms. The summed E-state index contributed by atoms with van der Waals surface area (Å²) in [5.74, 6) is 0. The van der Waals surface area contributed by atoms with E-state index in [0.717, 1.165) is 12.1 Å². The van der Waals surface area contributed by atoms with Crippen molar-refractivity contribution in [3.8, 4) is 0 Å². The fourth-order valence-electron chi connectivity index (χ4n) is 2.51. The van der Waals surface area contributed by atoms with Crippen molar-refractivity contribution in [3.63, 3.8) is 0 Å². The Hall–Kier alpha value is -3.49. The number of nitrogens with one attached hydrogen (secondary N) is 1. The summed E-state index contributed by atoms with van der Waals surface area (Å²) in [7, 11) is 0. The predicted molar refractivity (Wildman–Crippen MR) is 112 cm³/mol. The Morgan fingerprint density at radius 2 is 1.31 bits per heavy atom. The number of non-ortho nitro benzene ring substituents is 1. The third-order valence-electron chi connectivity index (χ3n) is 3.91. The number of hydrogen-bond donors (Lipinski definition) is 1. The lowest BCUT2D eigenvalue weighted by molar-refractivity contribution is -0.393. The molecule has 0 amide bonds. The van der Waals surface area contributed by atoms with Gasteiger partial charge in [-0.15, -0.1) is 0 Å². The topological polar surface area (TPSA) is 111 Å². The molecule has 3 rings (SSSR count). The van der Waals surface area contributed by atoms with Crippen molar-refractivity contribution in [2.45, 2.75) is 0 Å². The van der Waals surface area contributed by atoms with Crippen molar-refractivity contribution < 1.29 is 9.85 Å².